The lowest BCUT2D eigenvalue weighted by Crippen LogP contribution is -2.23. The molecule has 0 saturated heterocycles. The van der Waals surface area contributed by atoms with Crippen molar-refractivity contribution in [1.82, 2.24) is 24.5 Å². The Morgan fingerprint density at radius 3 is 2.63 bits per heavy atom. The highest BCUT2D eigenvalue weighted by Gasteiger charge is 2.13. The lowest BCUT2D eigenvalue weighted by molar-refractivity contribution is -0.125. The number of rotatable bonds is 9. The van der Waals surface area contributed by atoms with E-state index in [9.17, 15) is 4.79 Å². The van der Waals surface area contributed by atoms with Gasteiger partial charge in [-0.3, -0.25) is 9.48 Å². The molecule has 0 fully saturated rings. The van der Waals surface area contributed by atoms with Crippen LogP contribution in [0.3, 0.4) is 0 Å². The number of hydrogen-bond acceptors (Lipinski definition) is 4. The Kier molecular flexibility index (Phi) is 7.67. The first kappa shape index (κ1) is 24.3. The maximum Gasteiger partial charge on any atom is 0.246 e. The van der Waals surface area contributed by atoms with Crippen LogP contribution in [0.2, 0.25) is 5.15 Å². The molecule has 8 heteroatoms. The minimum absolute atomic E-state index is 0.128. The van der Waals surface area contributed by atoms with E-state index in [0.717, 1.165) is 28.1 Å². The van der Waals surface area contributed by atoms with Crippen LogP contribution >= 0.6 is 11.6 Å². The van der Waals surface area contributed by atoms with Gasteiger partial charge in [-0.2, -0.15) is 10.2 Å². The minimum atomic E-state index is -0.128. The highest BCUT2D eigenvalue weighted by molar-refractivity contribution is 6.31. The number of carbonyl (C=O) groups is 1. The van der Waals surface area contributed by atoms with E-state index in [1.165, 1.54) is 11.6 Å². The van der Waals surface area contributed by atoms with Crippen molar-refractivity contribution in [1.29, 1.82) is 0 Å². The number of methoxy groups -OCH3 is 1. The molecule has 0 unspecified atom stereocenters. The number of hydrogen-bond donors (Lipinski definition) is 0. The molecule has 2 aromatic heterocycles. The van der Waals surface area contributed by atoms with Gasteiger partial charge in [0.15, 0.2) is 0 Å². The van der Waals surface area contributed by atoms with Gasteiger partial charge in [-0.1, -0.05) is 54.1 Å². The Bertz CT molecular complexity index is 1330. The Balaban J connectivity index is 1.38. The van der Waals surface area contributed by atoms with Crippen molar-refractivity contribution in [2.75, 3.05) is 14.2 Å². The quantitative estimate of drug-likeness (QED) is 0.316. The second-order valence-corrected chi connectivity index (χ2v) is 8.72. The Morgan fingerprint density at radius 2 is 1.86 bits per heavy atom. The molecule has 0 bridgehead atoms. The zero-order chi connectivity index (χ0) is 24.8. The summed E-state index contributed by atoms with van der Waals surface area (Å²) in [5.41, 5.74) is 4.64. The second kappa shape index (κ2) is 11.1. The van der Waals surface area contributed by atoms with Gasteiger partial charge in [0.05, 0.1) is 32.1 Å². The fourth-order valence-electron chi connectivity index (χ4n) is 3.78. The molecule has 1 amide bonds. The molecular weight excluding hydrogens is 462 g/mol. The maximum absolute atomic E-state index is 12.7. The van der Waals surface area contributed by atoms with Crippen molar-refractivity contribution in [3.63, 3.8) is 0 Å². The number of ether oxygens (including phenoxy) is 1. The molecule has 0 spiro atoms. The molecule has 0 atom stereocenters. The summed E-state index contributed by atoms with van der Waals surface area (Å²) in [7, 11) is 3.40. The molecule has 0 saturated carbocycles. The number of halogens is 1. The Morgan fingerprint density at radius 1 is 1.09 bits per heavy atom. The predicted octanol–water partition coefficient (Wildman–Crippen LogP) is 4.82. The fourth-order valence-corrected chi connectivity index (χ4v) is 4.08. The first-order chi connectivity index (χ1) is 16.9. The van der Waals surface area contributed by atoms with Crippen LogP contribution in [0.4, 0.5) is 0 Å². The first-order valence-corrected chi connectivity index (χ1v) is 11.6. The van der Waals surface area contributed by atoms with E-state index < -0.39 is 0 Å². The second-order valence-electron chi connectivity index (χ2n) is 8.36. The van der Waals surface area contributed by atoms with E-state index >= 15 is 0 Å². The van der Waals surface area contributed by atoms with E-state index in [2.05, 4.69) is 22.3 Å². The summed E-state index contributed by atoms with van der Waals surface area (Å²) >= 11 is 6.60. The fraction of sp³-hybridized carbons (Fsp3) is 0.222. The average molecular weight is 490 g/mol. The summed E-state index contributed by atoms with van der Waals surface area (Å²) in [6.45, 7) is 3.53. The first-order valence-electron chi connectivity index (χ1n) is 11.3. The zero-order valence-electron chi connectivity index (χ0n) is 20.1. The summed E-state index contributed by atoms with van der Waals surface area (Å²) < 4.78 is 8.88. The van der Waals surface area contributed by atoms with Gasteiger partial charge < -0.3 is 9.64 Å². The number of nitrogens with zero attached hydrogens (tertiary/aromatic N) is 5. The van der Waals surface area contributed by atoms with E-state index in [4.69, 9.17) is 16.3 Å². The SMILES string of the molecule is COc1cccc(Cn2nc(C)c(C=CC(=O)N(C)Cc3cnn(Cc4ccccc4)c3)c2Cl)c1. The van der Waals surface area contributed by atoms with Crippen LogP contribution in [-0.4, -0.2) is 44.5 Å². The van der Waals surface area contributed by atoms with E-state index in [-0.39, 0.29) is 5.91 Å². The molecule has 4 aromatic rings. The Labute approximate surface area is 210 Å². The molecule has 35 heavy (non-hydrogen) atoms. The van der Waals surface area contributed by atoms with Crippen LogP contribution in [-0.2, 0) is 24.4 Å². The van der Waals surface area contributed by atoms with E-state index in [0.29, 0.717) is 24.8 Å². The van der Waals surface area contributed by atoms with Crippen LogP contribution in [0.25, 0.3) is 6.08 Å². The van der Waals surface area contributed by atoms with Gasteiger partial charge >= 0.3 is 0 Å². The van der Waals surface area contributed by atoms with E-state index in [1.807, 2.05) is 60.3 Å². The standard InChI is InChI=1S/C27H28ClN5O2/c1-20-25(27(28)33(30-20)19-22-10-7-11-24(14-22)35-3)12-13-26(34)31(2)16-23-15-29-32(18-23)17-21-8-5-4-6-9-21/h4-15,18H,16-17,19H2,1-3H3. The van der Waals surface area contributed by atoms with Crippen LogP contribution in [0.15, 0.2) is 73.1 Å². The molecule has 0 radical (unpaired) electrons. The number of likely N-dealkylation sites (N-methyl/N-ethyl adjacent to an activating group) is 1. The summed E-state index contributed by atoms with van der Waals surface area (Å²) in [4.78, 5) is 14.4. The number of amides is 1. The summed E-state index contributed by atoms with van der Waals surface area (Å²) in [6.07, 6.45) is 7.01. The lowest BCUT2D eigenvalue weighted by atomic mass is 10.2. The van der Waals surface area contributed by atoms with Gasteiger partial charge in [0, 0.05) is 37.0 Å². The third kappa shape index (κ3) is 6.19. The number of benzene rings is 2. The van der Waals surface area contributed by atoms with Gasteiger partial charge in [0.2, 0.25) is 5.91 Å². The molecule has 180 valence electrons. The Hall–Kier alpha value is -3.84. The van der Waals surface area contributed by atoms with Crippen molar-refractivity contribution < 1.29 is 9.53 Å². The zero-order valence-corrected chi connectivity index (χ0v) is 20.8. The maximum atomic E-state index is 12.7. The predicted molar refractivity (Wildman–Crippen MR) is 137 cm³/mol. The van der Waals surface area contributed by atoms with E-state index in [1.54, 1.807) is 36.0 Å². The largest absolute Gasteiger partial charge is 0.497 e. The molecule has 2 heterocycles. The smallest absolute Gasteiger partial charge is 0.246 e. The van der Waals surface area contributed by atoms with Gasteiger partial charge in [-0.25, -0.2) is 4.68 Å². The molecule has 2 aromatic carbocycles. The van der Waals surface area contributed by atoms with Crippen molar-refractivity contribution in [2.24, 2.45) is 0 Å². The van der Waals surface area contributed by atoms with Crippen LogP contribution in [0.5, 0.6) is 5.75 Å². The number of aryl methyl sites for hydroxylation is 1. The van der Waals surface area contributed by atoms with Gasteiger partial charge in [-0.15, -0.1) is 0 Å². The normalized spacial score (nSPS) is 11.2. The molecule has 0 aliphatic heterocycles. The highest BCUT2D eigenvalue weighted by atomic mass is 35.5. The molecule has 0 aliphatic carbocycles. The molecule has 7 nitrogen and oxygen atoms in total. The minimum Gasteiger partial charge on any atom is -0.497 e. The van der Waals surface area contributed by atoms with Crippen LogP contribution in [0.1, 0.15) is 27.9 Å². The topological polar surface area (TPSA) is 65.2 Å². The molecule has 0 N–H and O–H groups in total. The molecule has 4 rings (SSSR count). The van der Waals surface area contributed by atoms with Crippen molar-refractivity contribution in [2.45, 2.75) is 26.6 Å². The van der Waals surface area contributed by atoms with Crippen molar-refractivity contribution in [3.05, 3.63) is 106 Å². The van der Waals surface area contributed by atoms with Gasteiger partial charge in [0.1, 0.15) is 10.9 Å². The van der Waals surface area contributed by atoms with Crippen LogP contribution in [0, 0.1) is 6.92 Å². The number of aromatic nitrogens is 4. The monoisotopic (exact) mass is 489 g/mol. The third-order valence-corrected chi connectivity index (χ3v) is 6.04. The highest BCUT2D eigenvalue weighted by Crippen LogP contribution is 2.23. The third-order valence-electron chi connectivity index (χ3n) is 5.64. The molecule has 0 aliphatic rings. The average Bonchev–Trinajstić information content (AvgIpc) is 3.41. The van der Waals surface area contributed by atoms with Crippen molar-refractivity contribution >= 4 is 23.6 Å². The number of carbonyl (C=O) groups excluding carboxylic acids is 1. The van der Waals surface area contributed by atoms with Gasteiger partial charge in [0.25, 0.3) is 0 Å². The summed E-state index contributed by atoms with van der Waals surface area (Å²) in [6, 6.07) is 17.9. The molecular formula is C27H28ClN5O2. The lowest BCUT2D eigenvalue weighted by Gasteiger charge is -2.13. The van der Waals surface area contributed by atoms with Crippen molar-refractivity contribution in [3.8, 4) is 5.75 Å². The van der Waals surface area contributed by atoms with Crippen LogP contribution < -0.4 is 4.74 Å². The van der Waals surface area contributed by atoms with Gasteiger partial charge in [-0.05, 0) is 36.3 Å². The summed E-state index contributed by atoms with van der Waals surface area (Å²) in [5, 5.41) is 9.44. The summed E-state index contributed by atoms with van der Waals surface area (Å²) in [5.74, 6) is 0.652.